The van der Waals surface area contributed by atoms with Crippen LogP contribution in [0.1, 0.15) is 26.2 Å². The molecule has 7 nitrogen and oxygen atoms in total. The molecule has 1 N–H and O–H groups in total. The summed E-state index contributed by atoms with van der Waals surface area (Å²) in [4.78, 5) is 29.5. The number of nitrogens with zero attached hydrogens (tertiary/aromatic N) is 3. The molecular formula is C25H32N4O3S2. The predicted octanol–water partition coefficient (Wildman–Crippen LogP) is 4.99. The number of amides is 3. The number of nitrogens with one attached hydrogen (secondary N) is 1. The van der Waals surface area contributed by atoms with Gasteiger partial charge in [-0.1, -0.05) is 38.0 Å². The van der Waals surface area contributed by atoms with Gasteiger partial charge in [0.25, 0.3) is 0 Å². The van der Waals surface area contributed by atoms with Crippen molar-refractivity contribution >= 4 is 47.0 Å². The summed E-state index contributed by atoms with van der Waals surface area (Å²) < 4.78 is 8.48. The van der Waals surface area contributed by atoms with E-state index in [0.29, 0.717) is 6.04 Å². The van der Waals surface area contributed by atoms with E-state index >= 15 is 0 Å². The van der Waals surface area contributed by atoms with Gasteiger partial charge in [0.05, 0.1) is 28.6 Å². The molecule has 1 saturated heterocycles. The zero-order chi connectivity index (χ0) is 24.1. The van der Waals surface area contributed by atoms with Gasteiger partial charge >= 0.3 is 6.03 Å². The van der Waals surface area contributed by atoms with Crippen LogP contribution in [0.5, 0.6) is 5.75 Å². The molecule has 182 valence electrons. The number of anilines is 2. The van der Waals surface area contributed by atoms with Crippen LogP contribution < -0.4 is 15.0 Å². The second-order valence-corrected chi connectivity index (χ2v) is 10.4. The van der Waals surface area contributed by atoms with Crippen molar-refractivity contribution < 1.29 is 14.3 Å². The molecule has 0 radical (unpaired) electrons. The second-order valence-electron chi connectivity index (χ2n) is 8.40. The minimum Gasteiger partial charge on any atom is -0.491 e. The molecule has 2 aromatic rings. The van der Waals surface area contributed by atoms with Gasteiger partial charge in [0.2, 0.25) is 5.91 Å². The lowest BCUT2D eigenvalue weighted by Gasteiger charge is -2.30. The molecule has 1 unspecified atom stereocenters. The van der Waals surface area contributed by atoms with Gasteiger partial charge < -0.3 is 15.0 Å². The molecule has 4 rings (SSSR count). The number of carbonyl (C=O) groups excluding carboxylic acids is 2. The highest BCUT2D eigenvalue weighted by Gasteiger charge is 2.30. The number of benzene rings is 2. The Morgan fingerprint density at radius 3 is 2.68 bits per heavy atom. The van der Waals surface area contributed by atoms with Crippen LogP contribution >= 0.6 is 23.7 Å². The Labute approximate surface area is 210 Å². The first-order valence-electron chi connectivity index (χ1n) is 11.7. The topological polar surface area (TPSA) is 65.1 Å². The summed E-state index contributed by atoms with van der Waals surface area (Å²) in [5.41, 5.74) is 2.35. The zero-order valence-corrected chi connectivity index (χ0v) is 21.6. The minimum atomic E-state index is -0.352. The maximum Gasteiger partial charge on any atom is 0.324 e. The number of para-hydroxylation sites is 1. The quantitative estimate of drug-likeness (QED) is 0.296. The molecule has 2 heterocycles. The number of carbonyl (C=O) groups is 2. The van der Waals surface area contributed by atoms with Gasteiger partial charge in [-0.2, -0.15) is 0 Å². The number of urea groups is 1. The Hall–Kier alpha value is -2.36. The summed E-state index contributed by atoms with van der Waals surface area (Å²) in [6.45, 7) is 3.71. The van der Waals surface area contributed by atoms with E-state index in [-0.39, 0.29) is 31.6 Å². The lowest BCUT2D eigenvalue weighted by atomic mass is 10.1. The van der Waals surface area contributed by atoms with Gasteiger partial charge in [0.1, 0.15) is 12.4 Å². The van der Waals surface area contributed by atoms with Gasteiger partial charge in [-0.15, -0.1) is 11.8 Å². The van der Waals surface area contributed by atoms with Crippen molar-refractivity contribution in [1.82, 2.24) is 14.5 Å². The Morgan fingerprint density at radius 1 is 1.21 bits per heavy atom. The molecule has 0 saturated carbocycles. The first kappa shape index (κ1) is 24.8. The van der Waals surface area contributed by atoms with Crippen LogP contribution in [0.4, 0.5) is 16.2 Å². The van der Waals surface area contributed by atoms with E-state index in [2.05, 4.69) is 64.9 Å². The summed E-state index contributed by atoms with van der Waals surface area (Å²) in [5.74, 6) is 0.564. The van der Waals surface area contributed by atoms with E-state index in [0.717, 1.165) is 28.5 Å². The van der Waals surface area contributed by atoms with Crippen LogP contribution in [-0.4, -0.2) is 66.7 Å². The second kappa shape index (κ2) is 11.4. The Kier molecular flexibility index (Phi) is 8.28. The molecule has 1 atom stereocenters. The number of fused-ring (bicyclic) bond motifs is 1. The highest BCUT2D eigenvalue weighted by Crippen LogP contribution is 2.45. The molecule has 1 fully saturated rings. The lowest BCUT2D eigenvalue weighted by molar-refractivity contribution is -0.125. The zero-order valence-electron chi connectivity index (χ0n) is 20.0. The summed E-state index contributed by atoms with van der Waals surface area (Å²) in [7, 11) is 2.17. The van der Waals surface area contributed by atoms with Gasteiger partial charge in [-0.05, 0) is 55.9 Å². The molecule has 2 aliphatic rings. The van der Waals surface area contributed by atoms with Gasteiger partial charge in [0, 0.05) is 18.3 Å². The van der Waals surface area contributed by atoms with Crippen molar-refractivity contribution in [2.75, 3.05) is 44.4 Å². The van der Waals surface area contributed by atoms with Crippen LogP contribution in [0, 0.1) is 0 Å². The Balaban J connectivity index is 1.62. The monoisotopic (exact) mass is 500 g/mol. The van der Waals surface area contributed by atoms with Crippen LogP contribution in [0.15, 0.2) is 52.3 Å². The van der Waals surface area contributed by atoms with E-state index in [1.165, 1.54) is 29.1 Å². The fraction of sp³-hybridized carbons (Fsp3) is 0.440. The average Bonchev–Trinajstić information content (AvgIpc) is 3.09. The van der Waals surface area contributed by atoms with Gasteiger partial charge in [-0.25, -0.2) is 9.10 Å². The smallest absolute Gasteiger partial charge is 0.324 e. The predicted molar refractivity (Wildman–Crippen MR) is 139 cm³/mol. The highest BCUT2D eigenvalue weighted by atomic mass is 32.2. The van der Waals surface area contributed by atoms with Crippen molar-refractivity contribution in [1.29, 1.82) is 0 Å². The SMILES string of the molecule is CCCCC1CN(c2ccccc2)c2cc(SC)c(OCCN3C(=O)CNC3=O)cc2SN1C. The molecular weight excluding hydrogens is 468 g/mol. The molecule has 9 heteroatoms. The van der Waals surface area contributed by atoms with Gasteiger partial charge in [-0.3, -0.25) is 9.69 Å². The fourth-order valence-corrected chi connectivity index (χ4v) is 5.84. The number of imide groups is 1. The number of thioether (sulfide) groups is 1. The first-order valence-corrected chi connectivity index (χ1v) is 13.7. The van der Waals surface area contributed by atoms with Crippen molar-refractivity contribution in [3.63, 3.8) is 0 Å². The average molecular weight is 501 g/mol. The van der Waals surface area contributed by atoms with E-state index in [9.17, 15) is 9.59 Å². The van der Waals surface area contributed by atoms with E-state index in [1.807, 2.05) is 12.3 Å². The van der Waals surface area contributed by atoms with E-state index in [1.54, 1.807) is 23.7 Å². The van der Waals surface area contributed by atoms with Crippen LogP contribution in [0.25, 0.3) is 0 Å². The molecule has 2 aliphatic heterocycles. The number of unbranched alkanes of at least 4 members (excludes halogenated alkanes) is 1. The lowest BCUT2D eigenvalue weighted by Crippen LogP contribution is -2.35. The normalized spacial score (nSPS) is 18.6. The molecule has 34 heavy (non-hydrogen) atoms. The highest BCUT2D eigenvalue weighted by molar-refractivity contribution is 7.98. The Bertz CT molecular complexity index is 1000. The van der Waals surface area contributed by atoms with Gasteiger partial charge in [0.15, 0.2) is 0 Å². The summed E-state index contributed by atoms with van der Waals surface area (Å²) >= 11 is 3.39. The molecule has 0 bridgehead atoms. The van der Waals surface area contributed by atoms with E-state index < -0.39 is 0 Å². The third kappa shape index (κ3) is 5.47. The summed E-state index contributed by atoms with van der Waals surface area (Å²) in [6, 6.07) is 14.9. The number of ether oxygens (including phenoxy) is 1. The molecule has 0 aromatic heterocycles. The first-order chi connectivity index (χ1) is 16.5. The molecule has 2 aromatic carbocycles. The van der Waals surface area contributed by atoms with Crippen LogP contribution in [0.3, 0.4) is 0 Å². The maximum atomic E-state index is 11.9. The number of rotatable bonds is 9. The van der Waals surface area contributed by atoms with E-state index in [4.69, 9.17) is 4.74 Å². The molecule has 3 amide bonds. The molecule has 0 spiro atoms. The number of hydrogen-bond donors (Lipinski definition) is 1. The standard InChI is InChI=1S/C25H32N4O3S2/c1-4-5-9-19-17-29(18-10-7-6-8-11-18)20-14-23(33-3)21(15-22(20)34-27(19)2)32-13-12-28-24(30)16-26-25(28)31/h6-8,10-11,14-15,19H,4-5,9,12-13,16-17H2,1-3H3,(H,26,31). The van der Waals surface area contributed by atoms with Crippen molar-refractivity contribution in [2.45, 2.75) is 42.0 Å². The molecule has 0 aliphatic carbocycles. The van der Waals surface area contributed by atoms with Crippen molar-refractivity contribution in [2.24, 2.45) is 0 Å². The third-order valence-corrected chi connectivity index (χ3v) is 8.02. The van der Waals surface area contributed by atoms with Crippen LogP contribution in [0.2, 0.25) is 0 Å². The van der Waals surface area contributed by atoms with Crippen molar-refractivity contribution in [3.8, 4) is 5.75 Å². The maximum absolute atomic E-state index is 11.9. The van der Waals surface area contributed by atoms with Crippen LogP contribution in [-0.2, 0) is 4.79 Å². The number of likely N-dealkylation sites (N-methyl/N-ethyl adjacent to an activating group) is 1. The summed E-state index contributed by atoms with van der Waals surface area (Å²) in [5, 5.41) is 2.55. The minimum absolute atomic E-state index is 0.0607. The van der Waals surface area contributed by atoms with Crippen molar-refractivity contribution in [3.05, 3.63) is 42.5 Å². The fourth-order valence-electron chi connectivity index (χ4n) is 4.23. The third-order valence-electron chi connectivity index (χ3n) is 6.15. The Morgan fingerprint density at radius 2 is 2.00 bits per heavy atom. The number of hydrogen-bond acceptors (Lipinski definition) is 7. The summed E-state index contributed by atoms with van der Waals surface area (Å²) in [6.07, 6.45) is 5.56. The largest absolute Gasteiger partial charge is 0.491 e.